The third-order valence-electron chi connectivity index (χ3n) is 6.93. The molecular formula is C29H44N6S. The summed E-state index contributed by atoms with van der Waals surface area (Å²) in [6.45, 7) is 9.24. The SMILES string of the molecule is CC.CN=Cc1c(N)cccc1C(NC)c1cccc(C)c1NC1CC=C(N2CCC(S)CC2)NC1. The summed E-state index contributed by atoms with van der Waals surface area (Å²) in [6, 6.07) is 12.9. The van der Waals surface area contributed by atoms with Crippen molar-refractivity contribution in [2.45, 2.75) is 57.4 Å². The minimum Gasteiger partial charge on any atom is -0.398 e. The highest BCUT2D eigenvalue weighted by Gasteiger charge is 2.25. The molecule has 2 aromatic carbocycles. The monoisotopic (exact) mass is 508 g/mol. The number of piperidine rings is 1. The van der Waals surface area contributed by atoms with Gasteiger partial charge in [-0.25, -0.2) is 0 Å². The molecule has 6 nitrogen and oxygen atoms in total. The Morgan fingerprint density at radius 3 is 2.47 bits per heavy atom. The van der Waals surface area contributed by atoms with Gasteiger partial charge in [0.15, 0.2) is 0 Å². The maximum Gasteiger partial charge on any atom is 0.0973 e. The van der Waals surface area contributed by atoms with E-state index in [0.29, 0.717) is 11.3 Å². The zero-order valence-corrected chi connectivity index (χ0v) is 23.4. The number of nitrogens with two attached hydrogens (primary N) is 1. The average Bonchev–Trinajstić information content (AvgIpc) is 2.90. The molecule has 0 aromatic heterocycles. The van der Waals surface area contributed by atoms with Gasteiger partial charge in [-0.05, 0) is 62.1 Å². The van der Waals surface area contributed by atoms with Crippen LogP contribution in [0.4, 0.5) is 11.4 Å². The minimum absolute atomic E-state index is 0.0101. The van der Waals surface area contributed by atoms with E-state index in [-0.39, 0.29) is 6.04 Å². The van der Waals surface area contributed by atoms with Crippen LogP contribution in [0.5, 0.6) is 0 Å². The molecule has 2 heterocycles. The molecule has 0 bridgehead atoms. The van der Waals surface area contributed by atoms with Crippen molar-refractivity contribution in [3.05, 3.63) is 70.5 Å². The standard InChI is InChI=1S/C27H38N6S.C2H6/c1-18-6-4-8-22(27(30-3)21-7-5-9-24(28)23(21)17-29-2)26(18)32-19-10-11-25(31-16-19)33-14-12-20(34)13-15-33;1-2/h4-9,11,17,19-20,27,30-32,34H,10,12-16,28H2,1-3H3;1-2H3. The molecule has 0 aliphatic carbocycles. The fourth-order valence-electron chi connectivity index (χ4n) is 5.04. The summed E-state index contributed by atoms with van der Waals surface area (Å²) in [5.41, 5.74) is 12.8. The van der Waals surface area contributed by atoms with Crippen molar-refractivity contribution in [2.75, 3.05) is 44.8 Å². The molecule has 2 unspecified atom stereocenters. The van der Waals surface area contributed by atoms with Crippen LogP contribution in [0.15, 0.2) is 53.3 Å². The highest BCUT2D eigenvalue weighted by Crippen LogP contribution is 2.34. The topological polar surface area (TPSA) is 77.7 Å². The molecule has 0 saturated carbocycles. The van der Waals surface area contributed by atoms with Crippen LogP contribution in [-0.4, -0.2) is 56.1 Å². The predicted octanol–water partition coefficient (Wildman–Crippen LogP) is 4.97. The molecule has 2 aliphatic heterocycles. The third-order valence-corrected chi connectivity index (χ3v) is 7.44. The molecule has 2 aromatic rings. The number of rotatable bonds is 7. The lowest BCUT2D eigenvalue weighted by Crippen LogP contribution is -2.44. The molecule has 2 atom stereocenters. The van der Waals surface area contributed by atoms with Crippen molar-refractivity contribution in [3.8, 4) is 0 Å². The summed E-state index contributed by atoms with van der Waals surface area (Å²) in [5.74, 6) is 1.28. The summed E-state index contributed by atoms with van der Waals surface area (Å²) in [7, 11) is 3.78. The van der Waals surface area contributed by atoms with Crippen molar-refractivity contribution < 1.29 is 0 Å². The molecule has 0 radical (unpaired) electrons. The maximum atomic E-state index is 6.32. The molecular weight excluding hydrogens is 464 g/mol. The van der Waals surface area contributed by atoms with Gasteiger partial charge in [0.05, 0.1) is 11.9 Å². The second-order valence-electron chi connectivity index (χ2n) is 9.26. The van der Waals surface area contributed by atoms with Crippen molar-refractivity contribution in [1.82, 2.24) is 15.5 Å². The van der Waals surface area contributed by atoms with E-state index in [2.05, 4.69) is 75.7 Å². The highest BCUT2D eigenvalue weighted by atomic mass is 32.1. The number of para-hydroxylation sites is 1. The number of likely N-dealkylation sites (tertiary alicyclic amines) is 1. The van der Waals surface area contributed by atoms with Gasteiger partial charge in [-0.2, -0.15) is 12.6 Å². The van der Waals surface area contributed by atoms with E-state index >= 15 is 0 Å². The predicted molar refractivity (Wildman–Crippen MR) is 159 cm³/mol. The van der Waals surface area contributed by atoms with Gasteiger partial charge in [0, 0.05) is 61.1 Å². The number of aliphatic imine (C=N–C) groups is 1. The summed E-state index contributed by atoms with van der Waals surface area (Å²) in [5, 5.41) is 11.6. The number of nitrogens with zero attached hydrogens (tertiary/aromatic N) is 2. The minimum atomic E-state index is -0.0101. The zero-order valence-electron chi connectivity index (χ0n) is 22.5. The second-order valence-corrected chi connectivity index (χ2v) is 9.99. The van der Waals surface area contributed by atoms with E-state index in [9.17, 15) is 0 Å². The number of nitrogen functional groups attached to an aromatic ring is 1. The van der Waals surface area contributed by atoms with Crippen molar-refractivity contribution in [2.24, 2.45) is 4.99 Å². The molecule has 196 valence electrons. The maximum absolute atomic E-state index is 6.32. The van der Waals surface area contributed by atoms with Gasteiger partial charge >= 0.3 is 0 Å². The van der Waals surface area contributed by atoms with Gasteiger partial charge in [0.1, 0.15) is 0 Å². The van der Waals surface area contributed by atoms with Crippen LogP contribution >= 0.6 is 12.6 Å². The average molecular weight is 509 g/mol. The molecule has 1 saturated heterocycles. The van der Waals surface area contributed by atoms with Gasteiger partial charge in [0.25, 0.3) is 0 Å². The third kappa shape index (κ3) is 6.56. The Kier molecular flexibility index (Phi) is 10.6. The van der Waals surface area contributed by atoms with Crippen molar-refractivity contribution >= 4 is 30.2 Å². The van der Waals surface area contributed by atoms with E-state index in [1.165, 1.54) is 22.6 Å². The lowest BCUT2D eigenvalue weighted by Gasteiger charge is -2.37. The van der Waals surface area contributed by atoms with Crippen LogP contribution in [0, 0.1) is 6.92 Å². The smallest absolute Gasteiger partial charge is 0.0973 e. The van der Waals surface area contributed by atoms with Gasteiger partial charge < -0.3 is 26.6 Å². The summed E-state index contributed by atoms with van der Waals surface area (Å²) < 4.78 is 0. The lowest BCUT2D eigenvalue weighted by atomic mass is 9.91. The molecule has 5 N–H and O–H groups in total. The molecule has 36 heavy (non-hydrogen) atoms. The molecule has 2 aliphatic rings. The Morgan fingerprint density at radius 1 is 1.14 bits per heavy atom. The summed E-state index contributed by atoms with van der Waals surface area (Å²) in [4.78, 5) is 6.72. The summed E-state index contributed by atoms with van der Waals surface area (Å²) >= 11 is 4.63. The number of thiol groups is 1. The molecule has 4 rings (SSSR count). The highest BCUT2D eigenvalue weighted by molar-refractivity contribution is 7.80. The number of aryl methyl sites for hydroxylation is 1. The van der Waals surface area contributed by atoms with Crippen molar-refractivity contribution in [3.63, 3.8) is 0 Å². The van der Waals surface area contributed by atoms with Crippen LogP contribution in [-0.2, 0) is 0 Å². The Balaban J connectivity index is 0.00000176. The Morgan fingerprint density at radius 2 is 1.83 bits per heavy atom. The first-order valence-corrected chi connectivity index (χ1v) is 13.7. The molecule has 7 heteroatoms. The first kappa shape index (κ1) is 27.9. The number of nitrogens with one attached hydrogen (secondary N) is 3. The van der Waals surface area contributed by atoms with Crippen LogP contribution in [0.25, 0.3) is 0 Å². The Bertz CT molecular complexity index is 1040. The van der Waals surface area contributed by atoms with E-state index < -0.39 is 0 Å². The fraction of sp³-hybridized carbons (Fsp3) is 0.483. The van der Waals surface area contributed by atoms with Crippen LogP contribution in [0.1, 0.15) is 61.4 Å². The van der Waals surface area contributed by atoms with Crippen LogP contribution in [0.2, 0.25) is 0 Å². The van der Waals surface area contributed by atoms with Gasteiger partial charge in [-0.1, -0.05) is 44.2 Å². The van der Waals surface area contributed by atoms with Gasteiger partial charge in [0.2, 0.25) is 0 Å². The lowest BCUT2D eigenvalue weighted by molar-refractivity contribution is 0.265. The number of anilines is 2. The zero-order chi connectivity index (χ0) is 26.1. The number of hydrogen-bond donors (Lipinski definition) is 5. The molecule has 0 amide bonds. The van der Waals surface area contributed by atoms with Gasteiger partial charge in [-0.3, -0.25) is 4.99 Å². The largest absolute Gasteiger partial charge is 0.398 e. The fourth-order valence-corrected chi connectivity index (χ4v) is 5.27. The van der Waals surface area contributed by atoms with E-state index in [0.717, 1.165) is 55.7 Å². The number of benzene rings is 2. The van der Waals surface area contributed by atoms with E-state index in [1.54, 1.807) is 7.05 Å². The van der Waals surface area contributed by atoms with Crippen molar-refractivity contribution in [1.29, 1.82) is 0 Å². The normalized spacial score (nSPS) is 19.2. The first-order chi connectivity index (χ1) is 17.5. The summed E-state index contributed by atoms with van der Waals surface area (Å²) in [6.07, 6.45) is 7.49. The van der Waals surface area contributed by atoms with E-state index in [1.807, 2.05) is 39.2 Å². The first-order valence-electron chi connectivity index (χ1n) is 13.2. The number of hydrogen-bond acceptors (Lipinski definition) is 7. The molecule has 1 fully saturated rings. The second kappa shape index (κ2) is 13.6. The van der Waals surface area contributed by atoms with E-state index in [4.69, 9.17) is 5.73 Å². The van der Waals surface area contributed by atoms with Crippen LogP contribution in [0.3, 0.4) is 0 Å². The quantitative estimate of drug-likeness (QED) is 0.207. The Labute approximate surface area is 223 Å². The molecule has 0 spiro atoms. The van der Waals surface area contributed by atoms with Gasteiger partial charge in [-0.15, -0.1) is 0 Å². The Hall–Kier alpha value is -2.64. The van der Waals surface area contributed by atoms with Crippen LogP contribution < -0.4 is 21.7 Å².